The summed E-state index contributed by atoms with van der Waals surface area (Å²) in [5.41, 5.74) is 6.78. The molecule has 8 N–H and O–H groups in total. The standard InChI is InChI=1S/C40H59N7O8/c1-23(2)30(41)34(49)43-25(4)33(48)44-28-17-15-26(16-18-28)22-55-38(54)45-29-14-12-13-27(21-29)40(8,9)31(42-10)35(50)46-32(39(5,6)7)36(51)47(11)20-19-24(3)37(52)53/h12-19,21,23,25,30-32,42H,20,22,41H2,1-11H3,(H,43,49)(H,44,48)(H,45,54)(H,46,50)(H,52,53)/b24-19+/t25-,30-,31+,32+/m0/s1. The summed E-state index contributed by atoms with van der Waals surface area (Å²) in [5, 5.41) is 23.2. The predicted octanol–water partition coefficient (Wildman–Crippen LogP) is 3.75. The number of hydrogen-bond donors (Lipinski definition) is 7. The van der Waals surface area contributed by atoms with Crippen LogP contribution in [-0.4, -0.2) is 90.5 Å². The van der Waals surface area contributed by atoms with E-state index >= 15 is 0 Å². The second-order valence-corrected chi connectivity index (χ2v) is 15.6. The van der Waals surface area contributed by atoms with Crippen molar-refractivity contribution in [2.75, 3.05) is 31.3 Å². The van der Waals surface area contributed by atoms with Crippen LogP contribution in [0.25, 0.3) is 0 Å². The SMILES string of the molecule is CN[C@H](C(=O)N[C@H](C(=O)N(C)C/C=C(\C)C(=O)O)C(C)(C)C)C(C)(C)c1cccc(NC(=O)OCc2ccc(NC(=O)[C@H](C)NC(=O)[C@@H](N)C(C)C)cc2)c1. The Morgan fingerprint density at radius 2 is 1.47 bits per heavy atom. The van der Waals surface area contributed by atoms with E-state index in [2.05, 4.69) is 26.6 Å². The maximum absolute atomic E-state index is 13.8. The Morgan fingerprint density at radius 1 is 0.855 bits per heavy atom. The minimum absolute atomic E-state index is 0.0505. The van der Waals surface area contributed by atoms with Crippen LogP contribution in [0.4, 0.5) is 16.2 Å². The molecular weight excluding hydrogens is 706 g/mol. The molecule has 0 fully saturated rings. The number of likely N-dealkylation sites (N-methyl/N-ethyl adjacent to an activating group) is 2. The molecule has 0 aliphatic carbocycles. The summed E-state index contributed by atoms with van der Waals surface area (Å²) in [6.07, 6.45) is 0.737. The minimum atomic E-state index is -1.08. The molecule has 0 aromatic heterocycles. The van der Waals surface area contributed by atoms with Crippen LogP contribution in [0.1, 0.15) is 73.4 Å². The van der Waals surface area contributed by atoms with Crippen molar-refractivity contribution < 1.29 is 38.6 Å². The average molecular weight is 766 g/mol. The lowest BCUT2D eigenvalue weighted by atomic mass is 9.76. The van der Waals surface area contributed by atoms with Gasteiger partial charge >= 0.3 is 12.1 Å². The zero-order valence-electron chi connectivity index (χ0n) is 33.8. The smallest absolute Gasteiger partial charge is 0.411 e. The molecule has 302 valence electrons. The van der Waals surface area contributed by atoms with Crippen molar-refractivity contribution in [3.63, 3.8) is 0 Å². The molecule has 0 bridgehead atoms. The van der Waals surface area contributed by atoms with Gasteiger partial charge in [0.15, 0.2) is 0 Å². The number of rotatable bonds is 17. The van der Waals surface area contributed by atoms with E-state index in [1.807, 2.05) is 54.5 Å². The number of nitrogens with two attached hydrogens (primary N) is 1. The van der Waals surface area contributed by atoms with Crippen LogP contribution in [0.2, 0.25) is 0 Å². The van der Waals surface area contributed by atoms with Crippen molar-refractivity contribution in [2.24, 2.45) is 17.1 Å². The van der Waals surface area contributed by atoms with Gasteiger partial charge < -0.3 is 41.7 Å². The molecule has 0 heterocycles. The van der Waals surface area contributed by atoms with E-state index in [9.17, 15) is 28.8 Å². The summed E-state index contributed by atoms with van der Waals surface area (Å²) in [5.74, 6) is -2.75. The van der Waals surface area contributed by atoms with Crippen LogP contribution < -0.4 is 32.3 Å². The van der Waals surface area contributed by atoms with Crippen molar-refractivity contribution in [3.05, 3.63) is 71.3 Å². The number of benzene rings is 2. The third kappa shape index (κ3) is 13.5. The van der Waals surface area contributed by atoms with Gasteiger partial charge in [-0.1, -0.05) is 78.8 Å². The van der Waals surface area contributed by atoms with E-state index in [0.29, 0.717) is 16.9 Å². The van der Waals surface area contributed by atoms with Gasteiger partial charge in [-0.3, -0.25) is 24.5 Å². The first-order valence-corrected chi connectivity index (χ1v) is 18.1. The highest BCUT2D eigenvalue weighted by atomic mass is 16.5. The molecular formula is C40H59N7O8. The summed E-state index contributed by atoms with van der Waals surface area (Å²) in [6, 6.07) is 10.5. The summed E-state index contributed by atoms with van der Waals surface area (Å²) >= 11 is 0. The van der Waals surface area contributed by atoms with E-state index in [1.165, 1.54) is 17.9 Å². The summed E-state index contributed by atoms with van der Waals surface area (Å²) in [6.45, 7) is 15.9. The summed E-state index contributed by atoms with van der Waals surface area (Å²) < 4.78 is 5.43. The maximum Gasteiger partial charge on any atom is 0.411 e. The normalized spacial score (nSPS) is 14.2. The third-order valence-electron chi connectivity index (χ3n) is 9.27. The minimum Gasteiger partial charge on any atom is -0.478 e. The molecule has 2 aromatic carbocycles. The number of nitrogens with one attached hydrogen (secondary N) is 5. The maximum atomic E-state index is 13.8. The Kier molecular flexibility index (Phi) is 16.6. The number of ether oxygens (including phenoxy) is 1. The largest absolute Gasteiger partial charge is 0.478 e. The number of hydrogen-bond acceptors (Lipinski definition) is 9. The van der Waals surface area contributed by atoms with Gasteiger partial charge in [-0.05, 0) is 67.6 Å². The van der Waals surface area contributed by atoms with Gasteiger partial charge in [-0.15, -0.1) is 0 Å². The zero-order chi connectivity index (χ0) is 41.8. The fourth-order valence-corrected chi connectivity index (χ4v) is 5.45. The predicted molar refractivity (Wildman–Crippen MR) is 212 cm³/mol. The van der Waals surface area contributed by atoms with Crippen LogP contribution in [0.5, 0.6) is 0 Å². The number of amides is 5. The molecule has 0 saturated carbocycles. The number of anilines is 2. The molecule has 0 radical (unpaired) electrons. The summed E-state index contributed by atoms with van der Waals surface area (Å²) in [7, 11) is 3.20. The van der Waals surface area contributed by atoms with Crippen LogP contribution >= 0.6 is 0 Å². The molecule has 15 nitrogen and oxygen atoms in total. The number of carboxylic acids is 1. The van der Waals surface area contributed by atoms with Gasteiger partial charge in [-0.25, -0.2) is 9.59 Å². The quantitative estimate of drug-likeness (QED) is 0.116. The first kappa shape index (κ1) is 45.9. The summed E-state index contributed by atoms with van der Waals surface area (Å²) in [4.78, 5) is 77.5. The Morgan fingerprint density at radius 3 is 2.02 bits per heavy atom. The van der Waals surface area contributed by atoms with Crippen LogP contribution in [0, 0.1) is 11.3 Å². The monoisotopic (exact) mass is 765 g/mol. The van der Waals surface area contributed by atoms with Gasteiger partial charge in [0.05, 0.1) is 12.1 Å². The molecule has 2 aromatic rings. The highest BCUT2D eigenvalue weighted by Crippen LogP contribution is 2.30. The van der Waals surface area contributed by atoms with E-state index in [4.69, 9.17) is 15.6 Å². The Labute approximate surface area is 324 Å². The molecule has 0 spiro atoms. The molecule has 0 aliphatic heterocycles. The molecule has 5 amide bonds. The van der Waals surface area contributed by atoms with Gasteiger partial charge in [0, 0.05) is 36.0 Å². The van der Waals surface area contributed by atoms with Crippen molar-refractivity contribution in [2.45, 2.75) is 98.5 Å². The van der Waals surface area contributed by atoms with Crippen molar-refractivity contribution in [1.29, 1.82) is 0 Å². The topological polar surface area (TPSA) is 221 Å². The highest BCUT2D eigenvalue weighted by molar-refractivity contribution is 5.97. The van der Waals surface area contributed by atoms with E-state index < -0.39 is 64.8 Å². The average Bonchev–Trinajstić information content (AvgIpc) is 3.11. The van der Waals surface area contributed by atoms with E-state index in [0.717, 1.165) is 5.56 Å². The van der Waals surface area contributed by atoms with Gasteiger partial charge in [-0.2, -0.15) is 0 Å². The number of carboxylic acid groups (broad SMARTS) is 1. The van der Waals surface area contributed by atoms with Crippen LogP contribution in [0.15, 0.2) is 60.2 Å². The molecule has 0 saturated heterocycles. The van der Waals surface area contributed by atoms with E-state index in [-0.39, 0.29) is 30.5 Å². The Bertz CT molecular complexity index is 1720. The highest BCUT2D eigenvalue weighted by Gasteiger charge is 2.41. The second kappa shape index (κ2) is 19.9. The number of nitrogens with zero attached hydrogens (tertiary/aromatic N) is 1. The van der Waals surface area contributed by atoms with Crippen molar-refractivity contribution in [3.8, 4) is 0 Å². The molecule has 2 rings (SSSR count). The Balaban J connectivity index is 2.06. The van der Waals surface area contributed by atoms with Gasteiger partial charge in [0.1, 0.15) is 18.7 Å². The number of aliphatic carboxylic acids is 1. The molecule has 55 heavy (non-hydrogen) atoms. The lowest BCUT2D eigenvalue weighted by molar-refractivity contribution is -0.139. The lowest BCUT2D eigenvalue weighted by Crippen LogP contribution is -2.60. The van der Waals surface area contributed by atoms with Crippen molar-refractivity contribution >= 4 is 47.1 Å². The molecule has 4 atom stereocenters. The molecule has 15 heteroatoms. The Hall–Kier alpha value is -5.28. The lowest BCUT2D eigenvalue weighted by Gasteiger charge is -2.38. The second-order valence-electron chi connectivity index (χ2n) is 15.6. The first-order valence-electron chi connectivity index (χ1n) is 18.1. The van der Waals surface area contributed by atoms with Crippen LogP contribution in [0.3, 0.4) is 0 Å². The third-order valence-corrected chi connectivity index (χ3v) is 9.27. The fraction of sp³-hybridized carbons (Fsp3) is 0.500. The van der Waals surface area contributed by atoms with E-state index in [1.54, 1.807) is 63.5 Å². The van der Waals surface area contributed by atoms with Gasteiger partial charge in [0.2, 0.25) is 23.6 Å². The van der Waals surface area contributed by atoms with Crippen molar-refractivity contribution in [1.82, 2.24) is 20.9 Å². The van der Waals surface area contributed by atoms with Crippen LogP contribution in [-0.2, 0) is 40.7 Å². The zero-order valence-corrected chi connectivity index (χ0v) is 33.8. The molecule has 0 aliphatic rings. The fourth-order valence-electron chi connectivity index (χ4n) is 5.45. The number of carbonyl (C=O) groups excluding carboxylic acids is 5. The first-order chi connectivity index (χ1) is 25.5. The van der Waals surface area contributed by atoms with Gasteiger partial charge in [0.25, 0.3) is 0 Å². The number of carbonyl (C=O) groups is 6. The molecule has 0 unspecified atom stereocenters.